The third-order valence-corrected chi connectivity index (χ3v) is 14.8. The number of ether oxygens (including phenoxy) is 4. The van der Waals surface area contributed by atoms with Crippen molar-refractivity contribution in [3.05, 3.63) is 124 Å². The average molecular weight is 1090 g/mol. The Labute approximate surface area is 449 Å². The van der Waals surface area contributed by atoms with Crippen molar-refractivity contribution in [1.82, 2.24) is 16.0 Å². The van der Waals surface area contributed by atoms with E-state index in [2.05, 4.69) is 44.5 Å². The van der Waals surface area contributed by atoms with E-state index in [0.29, 0.717) is 59.0 Å². The lowest BCUT2D eigenvalue weighted by molar-refractivity contribution is -0.128. The molecule has 9 rings (SSSR count). The van der Waals surface area contributed by atoms with Gasteiger partial charge in [-0.3, -0.25) is 33.3 Å². The van der Waals surface area contributed by atoms with E-state index in [1.807, 2.05) is 43.0 Å². The molecule has 3 atom stereocenters. The highest BCUT2D eigenvalue weighted by Crippen LogP contribution is 2.44. The summed E-state index contributed by atoms with van der Waals surface area (Å²) in [6.45, 7) is 2.69. The van der Waals surface area contributed by atoms with Gasteiger partial charge >= 0.3 is 0 Å². The summed E-state index contributed by atoms with van der Waals surface area (Å²) < 4.78 is 60.2. The molecule has 0 bridgehead atoms. The SMILES string of the molecule is COc1cc2c(cc1OCc1cc(COc3cc4c(cc3OC)C(=O)N3c5ccccc5C[C@H]3C(S(=O)(=O)O)N4)cc(NC(=O)CNC(=O)CNC(=O)CNC(=O)CCC(C)(C)S)c1)NCC1Cc3ccccc3N1C2=O. The number of thiol groups is 1. The van der Waals surface area contributed by atoms with Crippen molar-refractivity contribution in [3.63, 3.8) is 0 Å². The maximum absolute atomic E-state index is 14.3. The number of carbonyl (C=O) groups is 6. The molecule has 404 valence electrons. The smallest absolute Gasteiger partial charge is 0.288 e. The van der Waals surface area contributed by atoms with Crippen molar-refractivity contribution in [3.8, 4) is 23.0 Å². The van der Waals surface area contributed by atoms with Gasteiger partial charge in [-0.05, 0) is 84.0 Å². The van der Waals surface area contributed by atoms with Gasteiger partial charge in [0.2, 0.25) is 23.6 Å². The summed E-state index contributed by atoms with van der Waals surface area (Å²) in [4.78, 5) is 82.1. The maximum Gasteiger partial charge on any atom is 0.288 e. The maximum atomic E-state index is 14.3. The summed E-state index contributed by atoms with van der Waals surface area (Å²) in [5, 5.41) is 14.9. The normalized spacial score (nSPS) is 17.0. The topological polar surface area (TPSA) is 272 Å². The summed E-state index contributed by atoms with van der Waals surface area (Å²) in [5.41, 5.74) is 5.63. The van der Waals surface area contributed by atoms with Crippen molar-refractivity contribution < 1.29 is 60.7 Å². The van der Waals surface area contributed by atoms with Gasteiger partial charge in [0.15, 0.2) is 28.4 Å². The van der Waals surface area contributed by atoms with Crippen LogP contribution in [-0.4, -0.2) is 111 Å². The van der Waals surface area contributed by atoms with Gasteiger partial charge in [-0.1, -0.05) is 50.2 Å². The molecule has 0 saturated heterocycles. The predicted octanol–water partition coefficient (Wildman–Crippen LogP) is 4.85. The Morgan fingerprint density at radius 2 is 1.21 bits per heavy atom. The number of para-hydroxylation sites is 2. The summed E-state index contributed by atoms with van der Waals surface area (Å²) in [6, 6.07) is 25.0. The molecule has 23 heteroatoms. The Morgan fingerprint density at radius 1 is 0.688 bits per heavy atom. The number of hydrogen-bond donors (Lipinski definition) is 8. The Bertz CT molecular complexity index is 3290. The molecule has 4 heterocycles. The van der Waals surface area contributed by atoms with Crippen molar-refractivity contribution in [2.45, 2.75) is 74.9 Å². The minimum atomic E-state index is -4.77. The number of nitrogens with one attached hydrogen (secondary N) is 6. The zero-order valence-corrected chi connectivity index (χ0v) is 44.3. The second-order valence-corrected chi connectivity index (χ2v) is 22.4. The number of amides is 6. The third-order valence-electron chi connectivity index (χ3n) is 13.5. The molecule has 0 saturated carbocycles. The lowest BCUT2D eigenvalue weighted by atomic mass is 10.1. The molecular weight excluding hydrogens is 1030 g/mol. The first-order valence-corrected chi connectivity index (χ1v) is 26.7. The first-order chi connectivity index (χ1) is 36.8. The fraction of sp³-hybridized carbons (Fsp3) is 0.333. The molecule has 5 aromatic rings. The summed E-state index contributed by atoms with van der Waals surface area (Å²) in [6.07, 6.45) is 1.54. The number of benzene rings is 5. The van der Waals surface area contributed by atoms with Gasteiger partial charge in [0, 0.05) is 46.9 Å². The average Bonchev–Trinajstić information content (AvgIpc) is 3.92. The molecule has 6 amide bonds. The summed E-state index contributed by atoms with van der Waals surface area (Å²) in [5.74, 6) is -2.06. The standard InChI is InChI=1S/C54H58N8O13S2/c1-54(2,76)14-13-47(63)56-25-48(64)57-26-49(65)58-27-50(66)59-34-16-30(28-74-45-22-38-36(20-43(45)72-3)52(67)61-35(24-55-38)18-32-9-5-7-11-40(32)61)15-31(17-34)29-75-46-23-39-37(21-44(46)73-4)53(68)62-41-12-8-6-10-33(41)19-42(62)51(60-39)77(69,70)71/h5-12,15-17,20-23,35,42,51,55,60,76H,13-14,18-19,24-29H2,1-4H3,(H,56,63)(H,57,64)(H,58,65)(H,59,66)(H,69,70,71)/t35?,42-,51?/m0/s1. The van der Waals surface area contributed by atoms with Crippen molar-refractivity contribution in [1.29, 1.82) is 0 Å². The fourth-order valence-electron chi connectivity index (χ4n) is 9.81. The van der Waals surface area contributed by atoms with E-state index in [0.717, 1.165) is 16.8 Å². The molecule has 7 N–H and O–H groups in total. The highest BCUT2D eigenvalue weighted by molar-refractivity contribution is 7.86. The molecule has 4 aliphatic rings. The fourth-order valence-corrected chi connectivity index (χ4v) is 10.8. The van der Waals surface area contributed by atoms with Crippen LogP contribution in [-0.2, 0) is 55.4 Å². The van der Waals surface area contributed by atoms with E-state index in [-0.39, 0.29) is 83.6 Å². The highest BCUT2D eigenvalue weighted by atomic mass is 32.2. The number of hydrogen-bond acceptors (Lipinski definition) is 15. The molecule has 77 heavy (non-hydrogen) atoms. The Hall–Kier alpha value is -8.02. The van der Waals surface area contributed by atoms with Crippen molar-refractivity contribution in [2.24, 2.45) is 0 Å². The zero-order valence-electron chi connectivity index (χ0n) is 42.6. The van der Waals surface area contributed by atoms with Crippen molar-refractivity contribution >= 4 is 86.6 Å². The van der Waals surface area contributed by atoms with E-state index >= 15 is 0 Å². The summed E-state index contributed by atoms with van der Waals surface area (Å²) in [7, 11) is -1.92. The van der Waals surface area contributed by atoms with E-state index in [1.165, 1.54) is 31.3 Å². The lowest BCUT2D eigenvalue weighted by Gasteiger charge is -2.27. The van der Waals surface area contributed by atoms with Crippen molar-refractivity contribution in [2.75, 3.05) is 66.1 Å². The molecule has 2 unspecified atom stereocenters. The minimum absolute atomic E-state index is 0.0731. The third kappa shape index (κ3) is 12.2. The zero-order chi connectivity index (χ0) is 54.8. The molecule has 0 spiro atoms. The molecule has 21 nitrogen and oxygen atoms in total. The van der Waals surface area contributed by atoms with Gasteiger partial charge in [0.05, 0.1) is 68.4 Å². The number of methoxy groups -OCH3 is 2. The van der Waals surface area contributed by atoms with E-state index < -0.39 is 58.3 Å². The van der Waals surface area contributed by atoms with Gasteiger partial charge in [-0.2, -0.15) is 21.0 Å². The number of nitrogens with zero attached hydrogens (tertiary/aromatic N) is 2. The quantitative estimate of drug-likeness (QED) is 0.0406. The van der Waals surface area contributed by atoms with Gasteiger partial charge in [0.1, 0.15) is 13.2 Å². The van der Waals surface area contributed by atoms with Gasteiger partial charge in [-0.15, -0.1) is 0 Å². The van der Waals surface area contributed by atoms with Crippen LogP contribution in [0.4, 0.5) is 28.4 Å². The first-order valence-electron chi connectivity index (χ1n) is 24.7. The predicted molar refractivity (Wildman–Crippen MR) is 290 cm³/mol. The highest BCUT2D eigenvalue weighted by Gasteiger charge is 2.47. The second-order valence-electron chi connectivity index (χ2n) is 19.6. The van der Waals surface area contributed by atoms with Crippen LogP contribution in [0.2, 0.25) is 0 Å². The number of anilines is 5. The van der Waals surface area contributed by atoms with Gasteiger partial charge in [-0.25, -0.2) is 0 Å². The molecule has 0 radical (unpaired) electrons. The van der Waals surface area contributed by atoms with Crippen LogP contribution < -0.4 is 60.6 Å². The molecule has 0 fully saturated rings. The van der Waals surface area contributed by atoms with Crippen LogP contribution in [0.1, 0.15) is 69.7 Å². The molecule has 0 aliphatic carbocycles. The number of fused-ring (bicyclic) bond motifs is 8. The molecule has 0 aromatic heterocycles. The largest absolute Gasteiger partial charge is 0.493 e. The summed E-state index contributed by atoms with van der Waals surface area (Å²) >= 11 is 4.40. The van der Waals surface area contributed by atoms with Gasteiger partial charge in [0.25, 0.3) is 21.9 Å². The van der Waals surface area contributed by atoms with Crippen LogP contribution in [0.5, 0.6) is 23.0 Å². The number of rotatable bonds is 19. The van der Waals surface area contributed by atoms with Crippen LogP contribution >= 0.6 is 12.6 Å². The molecule has 4 aliphatic heterocycles. The molecular formula is C54H58N8O13S2. The van der Waals surface area contributed by atoms with E-state index in [1.54, 1.807) is 54.6 Å². The lowest BCUT2D eigenvalue weighted by Crippen LogP contribution is -2.49. The first kappa shape index (κ1) is 53.8. The second kappa shape index (κ2) is 22.3. The molecule has 5 aromatic carbocycles. The number of carbonyl (C=O) groups excluding carboxylic acids is 6. The van der Waals surface area contributed by atoms with Crippen LogP contribution in [0, 0.1) is 0 Å². The Balaban J connectivity index is 0.930. The van der Waals surface area contributed by atoms with E-state index in [4.69, 9.17) is 18.9 Å². The Kier molecular flexibility index (Phi) is 15.6. The van der Waals surface area contributed by atoms with Crippen LogP contribution in [0.3, 0.4) is 0 Å². The minimum Gasteiger partial charge on any atom is -0.493 e. The monoisotopic (exact) mass is 1090 g/mol. The van der Waals surface area contributed by atoms with Gasteiger partial charge < -0.3 is 60.6 Å². The van der Waals surface area contributed by atoms with Crippen LogP contribution in [0.15, 0.2) is 91.0 Å². The van der Waals surface area contributed by atoms with E-state index in [9.17, 15) is 41.7 Å². The van der Waals surface area contributed by atoms with Crippen LogP contribution in [0.25, 0.3) is 0 Å². The Morgan fingerprint density at radius 3 is 1.79 bits per heavy atom.